The van der Waals surface area contributed by atoms with Crippen LogP contribution in [0.2, 0.25) is 0 Å². The fraction of sp³-hybridized carbons (Fsp3) is 0.429. The van der Waals surface area contributed by atoms with Gasteiger partial charge < -0.3 is 19.2 Å². The number of ether oxygens (including phenoxy) is 2. The number of hydrogen-bond acceptors (Lipinski definition) is 4. The summed E-state index contributed by atoms with van der Waals surface area (Å²) in [6.45, 7) is 1.46. The maximum absolute atomic E-state index is 6.81. The van der Waals surface area contributed by atoms with Gasteiger partial charge in [-0.25, -0.2) is 0 Å². The first-order chi connectivity index (χ1) is 12.8. The summed E-state index contributed by atoms with van der Waals surface area (Å²) in [6.07, 6.45) is 3.22. The Morgan fingerprint density at radius 2 is 1.50 bits per heavy atom. The van der Waals surface area contributed by atoms with Gasteiger partial charge in [0.2, 0.25) is 0 Å². The first-order valence-corrected chi connectivity index (χ1v) is 11.3. The van der Waals surface area contributed by atoms with E-state index in [4.69, 9.17) is 13.9 Å². The number of methoxy groups -OCH3 is 2. The van der Waals surface area contributed by atoms with Gasteiger partial charge in [-0.3, -0.25) is 0 Å². The minimum absolute atomic E-state index is 0.329. The minimum atomic E-state index is -2.51. The average molecular weight is 372 g/mol. The summed E-state index contributed by atoms with van der Waals surface area (Å²) < 4.78 is 17.6. The van der Waals surface area contributed by atoms with Gasteiger partial charge >= 0.3 is 0 Å². The van der Waals surface area contributed by atoms with Crippen molar-refractivity contribution in [3.8, 4) is 0 Å². The molecule has 4 nitrogen and oxygen atoms in total. The monoisotopic (exact) mass is 371 g/mol. The smallest absolute Gasteiger partial charge is 0.272 e. The van der Waals surface area contributed by atoms with Crippen LogP contribution in [0, 0.1) is 0 Å². The molecular formula is C21H29NO3Si. The molecule has 0 radical (unpaired) electrons. The maximum Gasteiger partial charge on any atom is 0.272 e. The lowest BCUT2D eigenvalue weighted by molar-refractivity contribution is -0.123. The van der Waals surface area contributed by atoms with Crippen LogP contribution in [0.25, 0.3) is 0 Å². The lowest BCUT2D eigenvalue weighted by Gasteiger charge is -2.42. The Balaban J connectivity index is 2.07. The molecule has 0 spiro atoms. The quantitative estimate of drug-likeness (QED) is 0.570. The molecule has 0 bridgehead atoms. The van der Waals surface area contributed by atoms with Crippen molar-refractivity contribution in [3.05, 3.63) is 60.7 Å². The standard InChI is InChI=1S/C21H29NO3Si/c1-23-21(24-2)17-25-26(18-11-5-3-6-12-18,19-13-7-4-8-14-19)20-15-9-10-16-22-20/h3-8,11-14,20-22H,9-10,15-17H2,1-2H3. The van der Waals surface area contributed by atoms with Gasteiger partial charge in [-0.1, -0.05) is 67.1 Å². The van der Waals surface area contributed by atoms with Crippen molar-refractivity contribution in [1.29, 1.82) is 0 Å². The average Bonchev–Trinajstić information content (AvgIpc) is 2.74. The summed E-state index contributed by atoms with van der Waals surface area (Å²) >= 11 is 0. The molecule has 1 unspecified atom stereocenters. The van der Waals surface area contributed by atoms with Gasteiger partial charge in [0.1, 0.15) is 0 Å². The van der Waals surface area contributed by atoms with Gasteiger partial charge in [0.15, 0.2) is 6.29 Å². The predicted octanol–water partition coefficient (Wildman–Crippen LogP) is 2.06. The molecule has 1 fully saturated rings. The van der Waals surface area contributed by atoms with Crippen LogP contribution < -0.4 is 15.7 Å². The van der Waals surface area contributed by atoms with E-state index in [1.54, 1.807) is 14.2 Å². The van der Waals surface area contributed by atoms with E-state index in [1.807, 2.05) is 0 Å². The Hall–Kier alpha value is -1.50. The van der Waals surface area contributed by atoms with Crippen LogP contribution >= 0.6 is 0 Å². The summed E-state index contributed by atoms with van der Waals surface area (Å²) in [5, 5.41) is 6.35. The van der Waals surface area contributed by atoms with Gasteiger partial charge in [-0.15, -0.1) is 0 Å². The molecule has 3 rings (SSSR count). The zero-order chi connectivity index (χ0) is 18.2. The van der Waals surface area contributed by atoms with Crippen LogP contribution in [0.3, 0.4) is 0 Å². The molecule has 0 aromatic heterocycles. The molecule has 0 aliphatic carbocycles. The topological polar surface area (TPSA) is 39.7 Å². The zero-order valence-electron chi connectivity index (χ0n) is 15.7. The van der Waals surface area contributed by atoms with Crippen molar-refractivity contribution in [2.75, 3.05) is 27.4 Å². The maximum atomic E-state index is 6.81. The van der Waals surface area contributed by atoms with Crippen LogP contribution in [0.15, 0.2) is 60.7 Å². The minimum Gasteiger partial charge on any atom is -0.401 e. The van der Waals surface area contributed by atoms with E-state index in [9.17, 15) is 0 Å². The summed E-state index contributed by atoms with van der Waals surface area (Å²) in [6, 6.07) is 21.4. The Morgan fingerprint density at radius 1 is 0.923 bits per heavy atom. The predicted molar refractivity (Wildman–Crippen MR) is 107 cm³/mol. The molecular weight excluding hydrogens is 342 g/mol. The first kappa shape index (κ1) is 19.3. The third kappa shape index (κ3) is 4.08. The van der Waals surface area contributed by atoms with Gasteiger partial charge in [-0.05, 0) is 29.8 Å². The molecule has 0 saturated carbocycles. The molecule has 1 N–H and O–H groups in total. The normalized spacial score (nSPS) is 18.2. The van der Waals surface area contributed by atoms with Gasteiger partial charge in [-0.2, -0.15) is 0 Å². The summed E-state index contributed by atoms with van der Waals surface area (Å²) in [4.78, 5) is 0. The van der Waals surface area contributed by atoms with E-state index < -0.39 is 8.32 Å². The molecule has 2 aromatic rings. The summed E-state index contributed by atoms with van der Waals surface area (Å²) in [7, 11) is 0.801. The van der Waals surface area contributed by atoms with E-state index in [1.165, 1.54) is 23.2 Å². The number of hydrogen-bond donors (Lipinski definition) is 1. The van der Waals surface area contributed by atoms with Crippen LogP contribution in [-0.4, -0.2) is 47.6 Å². The second-order valence-corrected chi connectivity index (χ2v) is 10.3. The lowest BCUT2D eigenvalue weighted by Crippen LogP contribution is -2.73. The lowest BCUT2D eigenvalue weighted by atomic mass is 10.2. The third-order valence-corrected chi connectivity index (χ3v) is 9.66. The number of benzene rings is 2. The fourth-order valence-corrected chi connectivity index (χ4v) is 8.33. The molecule has 1 saturated heterocycles. The van der Waals surface area contributed by atoms with Crippen molar-refractivity contribution in [2.24, 2.45) is 0 Å². The molecule has 1 aliphatic rings. The second-order valence-electron chi connectivity index (χ2n) is 6.68. The van der Waals surface area contributed by atoms with E-state index in [-0.39, 0.29) is 6.29 Å². The van der Waals surface area contributed by atoms with Gasteiger partial charge in [0, 0.05) is 19.9 Å². The fourth-order valence-electron chi connectivity index (χ4n) is 3.84. The van der Waals surface area contributed by atoms with Crippen molar-refractivity contribution in [3.63, 3.8) is 0 Å². The molecule has 26 heavy (non-hydrogen) atoms. The van der Waals surface area contributed by atoms with Crippen molar-refractivity contribution < 1.29 is 13.9 Å². The molecule has 0 amide bonds. The molecule has 1 aliphatic heterocycles. The molecule has 1 atom stereocenters. The molecule has 5 heteroatoms. The second kappa shape index (κ2) is 9.44. The van der Waals surface area contributed by atoms with E-state index in [0.717, 1.165) is 13.0 Å². The Kier molecular flexibility index (Phi) is 6.99. The van der Waals surface area contributed by atoms with Crippen molar-refractivity contribution >= 4 is 18.7 Å². The van der Waals surface area contributed by atoms with Crippen molar-refractivity contribution in [2.45, 2.75) is 31.2 Å². The molecule has 2 aromatic carbocycles. The highest BCUT2D eigenvalue weighted by molar-refractivity contribution is 6.98. The van der Waals surface area contributed by atoms with Gasteiger partial charge in [0.05, 0.1) is 6.61 Å². The highest BCUT2D eigenvalue weighted by Crippen LogP contribution is 2.21. The van der Waals surface area contributed by atoms with E-state index >= 15 is 0 Å². The van der Waals surface area contributed by atoms with Crippen LogP contribution in [0.5, 0.6) is 0 Å². The van der Waals surface area contributed by atoms with E-state index in [0.29, 0.717) is 12.3 Å². The highest BCUT2D eigenvalue weighted by atomic mass is 28.4. The molecule has 1 heterocycles. The number of rotatable bonds is 8. The number of piperidine rings is 1. The Morgan fingerprint density at radius 3 is 1.96 bits per heavy atom. The van der Waals surface area contributed by atoms with E-state index in [2.05, 4.69) is 66.0 Å². The summed E-state index contributed by atoms with van der Waals surface area (Å²) in [5.74, 6) is 0. The van der Waals surface area contributed by atoms with Crippen molar-refractivity contribution in [1.82, 2.24) is 5.32 Å². The molecule has 140 valence electrons. The Labute approximate surface area is 157 Å². The van der Waals surface area contributed by atoms with Crippen LogP contribution in [0.4, 0.5) is 0 Å². The third-order valence-electron chi connectivity index (χ3n) is 5.18. The first-order valence-electron chi connectivity index (χ1n) is 9.35. The van der Waals surface area contributed by atoms with Gasteiger partial charge in [0.25, 0.3) is 8.32 Å². The zero-order valence-corrected chi connectivity index (χ0v) is 16.7. The van der Waals surface area contributed by atoms with Crippen LogP contribution in [-0.2, 0) is 13.9 Å². The largest absolute Gasteiger partial charge is 0.401 e. The number of nitrogens with one attached hydrogen (secondary N) is 1. The SMILES string of the molecule is COC(CO[Si](c1ccccc1)(c1ccccc1)C1CCCCN1)OC. The van der Waals surface area contributed by atoms with Crippen LogP contribution in [0.1, 0.15) is 19.3 Å². The Bertz CT molecular complexity index is 603. The summed E-state index contributed by atoms with van der Waals surface area (Å²) in [5.41, 5.74) is 0.329. The highest BCUT2D eigenvalue weighted by Gasteiger charge is 2.47.